The van der Waals surface area contributed by atoms with Crippen LogP contribution in [-0.4, -0.2) is 21.1 Å². The second kappa shape index (κ2) is 4.25. The van der Waals surface area contributed by atoms with Crippen molar-refractivity contribution in [1.29, 1.82) is 0 Å². The van der Waals surface area contributed by atoms with Crippen LogP contribution in [0, 0.1) is 0 Å². The topological polar surface area (TPSA) is 39.9 Å². The summed E-state index contributed by atoms with van der Waals surface area (Å²) in [4.78, 5) is 3.84. The molecule has 1 fully saturated rings. The average Bonchev–Trinajstić information content (AvgIpc) is 3.07. The van der Waals surface area contributed by atoms with Crippen molar-refractivity contribution in [2.75, 3.05) is 0 Å². The van der Waals surface area contributed by atoms with Gasteiger partial charge < -0.3 is 4.74 Å². The molecule has 0 bridgehead atoms. The van der Waals surface area contributed by atoms with Crippen molar-refractivity contribution in [1.82, 2.24) is 14.8 Å². The van der Waals surface area contributed by atoms with Crippen LogP contribution in [0.15, 0.2) is 30.9 Å². The highest BCUT2D eigenvalue weighted by Crippen LogP contribution is 2.37. The number of hydrogen-bond acceptors (Lipinski definition) is 3. The number of nitrogens with zero attached hydrogens (tertiary/aromatic N) is 3. The lowest BCUT2D eigenvalue weighted by molar-refractivity contribution is -0.274. The predicted molar refractivity (Wildman–Crippen MR) is 60.4 cm³/mol. The van der Waals surface area contributed by atoms with Crippen LogP contribution < -0.4 is 4.74 Å². The number of rotatable bonds is 3. The molecule has 0 saturated heterocycles. The number of pyridine rings is 1. The fourth-order valence-electron chi connectivity index (χ4n) is 1.83. The summed E-state index contributed by atoms with van der Waals surface area (Å²) in [7, 11) is 0. The summed E-state index contributed by atoms with van der Waals surface area (Å²) in [5, 5.41) is 4.14. The Labute approximate surface area is 106 Å². The highest BCUT2D eigenvalue weighted by atomic mass is 19.4. The third-order valence-corrected chi connectivity index (χ3v) is 2.84. The summed E-state index contributed by atoms with van der Waals surface area (Å²) in [6.07, 6.45) is 3.24. The Hall–Kier alpha value is -2.05. The minimum absolute atomic E-state index is 0.266. The molecule has 19 heavy (non-hydrogen) atoms. The molecule has 0 atom stereocenters. The van der Waals surface area contributed by atoms with Crippen molar-refractivity contribution in [3.8, 4) is 16.9 Å². The second-order valence-electron chi connectivity index (χ2n) is 4.36. The van der Waals surface area contributed by atoms with Gasteiger partial charge >= 0.3 is 6.36 Å². The van der Waals surface area contributed by atoms with Crippen molar-refractivity contribution in [3.63, 3.8) is 0 Å². The summed E-state index contributed by atoms with van der Waals surface area (Å²) >= 11 is 0. The first-order valence-electron chi connectivity index (χ1n) is 5.77. The van der Waals surface area contributed by atoms with Crippen LogP contribution in [0.2, 0.25) is 0 Å². The van der Waals surface area contributed by atoms with Crippen LogP contribution >= 0.6 is 0 Å². The number of hydrogen-bond donors (Lipinski definition) is 0. The van der Waals surface area contributed by atoms with Gasteiger partial charge in [0.05, 0.1) is 12.2 Å². The van der Waals surface area contributed by atoms with Crippen LogP contribution in [-0.2, 0) is 0 Å². The molecular weight excluding hydrogens is 259 g/mol. The molecule has 3 rings (SSSR count). The third kappa shape index (κ3) is 2.69. The fourth-order valence-corrected chi connectivity index (χ4v) is 1.83. The normalized spacial score (nSPS) is 15.5. The molecule has 1 saturated carbocycles. The van der Waals surface area contributed by atoms with Gasteiger partial charge in [-0.15, -0.1) is 13.2 Å². The summed E-state index contributed by atoms with van der Waals surface area (Å²) < 4.78 is 42.7. The third-order valence-electron chi connectivity index (χ3n) is 2.84. The lowest BCUT2D eigenvalue weighted by Gasteiger charge is -2.11. The second-order valence-corrected chi connectivity index (χ2v) is 4.36. The Bertz CT molecular complexity index is 590. The maximum Gasteiger partial charge on any atom is 0.573 e. The van der Waals surface area contributed by atoms with E-state index in [9.17, 15) is 13.2 Å². The molecule has 1 aliphatic carbocycles. The van der Waals surface area contributed by atoms with E-state index in [1.165, 1.54) is 24.7 Å². The Morgan fingerprint density at radius 3 is 2.74 bits per heavy atom. The molecule has 4 nitrogen and oxygen atoms in total. The van der Waals surface area contributed by atoms with Crippen LogP contribution in [0.25, 0.3) is 11.1 Å². The highest BCUT2D eigenvalue weighted by molar-refractivity contribution is 5.68. The van der Waals surface area contributed by atoms with E-state index >= 15 is 0 Å². The van der Waals surface area contributed by atoms with Gasteiger partial charge in [0.15, 0.2) is 0 Å². The first-order valence-corrected chi connectivity index (χ1v) is 5.77. The summed E-state index contributed by atoms with van der Waals surface area (Å²) in [5.41, 5.74) is 0.853. The molecular formula is C12H10F3N3O. The van der Waals surface area contributed by atoms with Gasteiger partial charge in [-0.2, -0.15) is 5.10 Å². The zero-order valence-corrected chi connectivity index (χ0v) is 9.76. The van der Waals surface area contributed by atoms with Gasteiger partial charge in [0, 0.05) is 29.7 Å². The zero-order chi connectivity index (χ0) is 13.5. The van der Waals surface area contributed by atoms with Gasteiger partial charge in [0.2, 0.25) is 0 Å². The molecule has 100 valence electrons. The molecule has 0 N–H and O–H groups in total. The highest BCUT2D eigenvalue weighted by Gasteiger charge is 2.32. The maximum absolute atomic E-state index is 12.3. The molecule has 0 aliphatic heterocycles. The Morgan fingerprint density at radius 2 is 2.05 bits per heavy atom. The molecule has 7 heteroatoms. The smallest absolute Gasteiger partial charge is 0.405 e. The predicted octanol–water partition coefficient (Wildman–Crippen LogP) is 3.18. The van der Waals surface area contributed by atoms with Crippen molar-refractivity contribution in [3.05, 3.63) is 30.9 Å². The van der Waals surface area contributed by atoms with E-state index in [1.807, 2.05) is 0 Å². The van der Waals surface area contributed by atoms with Gasteiger partial charge in [-0.05, 0) is 18.9 Å². The fraction of sp³-hybridized carbons (Fsp3) is 0.333. The van der Waals surface area contributed by atoms with E-state index in [0.717, 1.165) is 12.8 Å². The maximum atomic E-state index is 12.3. The molecule has 0 spiro atoms. The SMILES string of the molecule is FC(F)(F)Oc1ccncc1-c1cnn(C2CC2)c1. The van der Waals surface area contributed by atoms with Crippen molar-refractivity contribution in [2.45, 2.75) is 25.2 Å². The van der Waals surface area contributed by atoms with Gasteiger partial charge in [0.25, 0.3) is 0 Å². The molecule has 2 heterocycles. The van der Waals surface area contributed by atoms with E-state index in [2.05, 4.69) is 14.8 Å². The molecule has 0 amide bonds. The first kappa shape index (κ1) is 12.0. The lowest BCUT2D eigenvalue weighted by Crippen LogP contribution is -2.17. The van der Waals surface area contributed by atoms with Gasteiger partial charge in [-0.25, -0.2) is 0 Å². The minimum atomic E-state index is -4.72. The molecule has 0 aromatic carbocycles. The van der Waals surface area contributed by atoms with Crippen molar-refractivity contribution < 1.29 is 17.9 Å². The van der Waals surface area contributed by atoms with Crippen molar-refractivity contribution in [2.24, 2.45) is 0 Å². The number of ether oxygens (including phenoxy) is 1. The average molecular weight is 269 g/mol. The number of aromatic nitrogens is 3. The van der Waals surface area contributed by atoms with E-state index in [4.69, 9.17) is 0 Å². The van der Waals surface area contributed by atoms with Crippen LogP contribution in [0.3, 0.4) is 0 Å². The minimum Gasteiger partial charge on any atom is -0.405 e. The zero-order valence-electron chi connectivity index (χ0n) is 9.76. The van der Waals surface area contributed by atoms with E-state index in [-0.39, 0.29) is 11.3 Å². The number of halogens is 3. The van der Waals surface area contributed by atoms with Gasteiger partial charge in [-0.1, -0.05) is 0 Å². The molecule has 0 unspecified atom stereocenters. The van der Waals surface area contributed by atoms with Crippen LogP contribution in [0.4, 0.5) is 13.2 Å². The standard InChI is InChI=1S/C12H10F3N3O/c13-12(14,15)19-11-3-4-16-6-10(11)8-5-17-18(7-8)9-1-2-9/h3-7,9H,1-2H2. The summed E-state index contributed by atoms with van der Waals surface area (Å²) in [6.45, 7) is 0. The molecule has 2 aromatic heterocycles. The number of alkyl halides is 3. The van der Waals surface area contributed by atoms with Crippen LogP contribution in [0.5, 0.6) is 5.75 Å². The Morgan fingerprint density at radius 1 is 1.26 bits per heavy atom. The first-order chi connectivity index (χ1) is 9.03. The monoisotopic (exact) mass is 269 g/mol. The Kier molecular flexibility index (Phi) is 2.69. The van der Waals surface area contributed by atoms with E-state index in [0.29, 0.717) is 11.6 Å². The van der Waals surface area contributed by atoms with Gasteiger partial charge in [-0.3, -0.25) is 9.67 Å². The van der Waals surface area contributed by atoms with E-state index < -0.39 is 6.36 Å². The molecule has 2 aromatic rings. The molecule has 1 aliphatic rings. The summed E-state index contributed by atoms with van der Waals surface area (Å²) in [5.74, 6) is -0.266. The quantitative estimate of drug-likeness (QED) is 0.859. The van der Waals surface area contributed by atoms with Crippen LogP contribution in [0.1, 0.15) is 18.9 Å². The van der Waals surface area contributed by atoms with Crippen molar-refractivity contribution >= 4 is 0 Å². The van der Waals surface area contributed by atoms with E-state index in [1.54, 1.807) is 10.9 Å². The molecule has 0 radical (unpaired) electrons. The van der Waals surface area contributed by atoms with Gasteiger partial charge in [0.1, 0.15) is 5.75 Å². The summed E-state index contributed by atoms with van der Waals surface area (Å²) in [6, 6.07) is 1.56. The Balaban J connectivity index is 1.94. The lowest BCUT2D eigenvalue weighted by atomic mass is 10.1. The largest absolute Gasteiger partial charge is 0.573 e.